The molecule has 42 valence electrons. The maximum Gasteiger partial charge on any atom is 0.272 e. The lowest BCUT2D eigenvalue weighted by Crippen LogP contribution is -2.01. The van der Waals surface area contributed by atoms with E-state index in [0.29, 0.717) is 5.92 Å². The third kappa shape index (κ3) is 0.782. The molecule has 0 aliphatic heterocycles. The SMILES string of the molecule is CC1[CH]C1C(=O)[C]=O. The summed E-state index contributed by atoms with van der Waals surface area (Å²) in [6, 6.07) is 0. The summed E-state index contributed by atoms with van der Waals surface area (Å²) in [5.41, 5.74) is 0. The van der Waals surface area contributed by atoms with E-state index < -0.39 is 5.78 Å². The average molecular weight is 110 g/mol. The molecule has 1 rings (SSSR count). The molecule has 1 fully saturated rings. The molecule has 0 bridgehead atoms. The molecule has 0 spiro atoms. The van der Waals surface area contributed by atoms with E-state index in [9.17, 15) is 9.59 Å². The van der Waals surface area contributed by atoms with Gasteiger partial charge in [-0.1, -0.05) is 6.92 Å². The van der Waals surface area contributed by atoms with Gasteiger partial charge in [0.05, 0.1) is 0 Å². The number of ketones is 1. The normalized spacial score (nSPS) is 34.1. The molecule has 2 unspecified atom stereocenters. The van der Waals surface area contributed by atoms with Gasteiger partial charge in [0.1, 0.15) is 0 Å². The summed E-state index contributed by atoms with van der Waals surface area (Å²) in [6.45, 7) is 1.90. The number of hydrogen-bond donors (Lipinski definition) is 0. The molecule has 1 saturated carbocycles. The van der Waals surface area contributed by atoms with Crippen molar-refractivity contribution < 1.29 is 9.59 Å². The van der Waals surface area contributed by atoms with Gasteiger partial charge in [-0.3, -0.25) is 9.59 Å². The first-order valence-electron chi connectivity index (χ1n) is 2.52. The molecule has 1 aliphatic carbocycles. The van der Waals surface area contributed by atoms with Crippen molar-refractivity contribution in [2.75, 3.05) is 0 Å². The van der Waals surface area contributed by atoms with E-state index in [1.807, 2.05) is 13.3 Å². The van der Waals surface area contributed by atoms with E-state index in [1.165, 1.54) is 6.29 Å². The molecule has 0 amide bonds. The molecule has 0 heterocycles. The Balaban J connectivity index is 2.39. The summed E-state index contributed by atoms with van der Waals surface area (Å²) in [5.74, 6) is -0.200. The second-order valence-electron chi connectivity index (χ2n) is 2.04. The van der Waals surface area contributed by atoms with Gasteiger partial charge in [0.25, 0.3) is 6.29 Å². The molecule has 0 N–H and O–H groups in total. The molecular weight excluding hydrogens is 104 g/mol. The fraction of sp³-hybridized carbons (Fsp3) is 0.500. The first kappa shape index (κ1) is 5.48. The van der Waals surface area contributed by atoms with Gasteiger partial charge >= 0.3 is 0 Å². The Hall–Kier alpha value is -0.660. The lowest BCUT2D eigenvalue weighted by molar-refractivity contribution is -0.114. The standard InChI is InChI=1S/C6H6O2/c1-4-2-5(4)6(8)3-7/h2,4-5H,1H3. The lowest BCUT2D eigenvalue weighted by Gasteiger charge is -1.78. The quantitative estimate of drug-likeness (QED) is 0.474. The molecule has 2 atom stereocenters. The van der Waals surface area contributed by atoms with Crippen LogP contribution in [0.25, 0.3) is 0 Å². The summed E-state index contributed by atoms with van der Waals surface area (Å²) >= 11 is 0. The van der Waals surface area contributed by atoms with Crippen LogP contribution in [0.4, 0.5) is 0 Å². The molecule has 2 radical (unpaired) electrons. The highest BCUT2D eigenvalue weighted by atomic mass is 16.2. The summed E-state index contributed by atoms with van der Waals surface area (Å²) in [7, 11) is 0. The molecule has 1 aliphatic rings. The van der Waals surface area contributed by atoms with Crippen LogP contribution in [0.3, 0.4) is 0 Å². The minimum atomic E-state index is -0.405. The Morgan fingerprint density at radius 1 is 1.75 bits per heavy atom. The van der Waals surface area contributed by atoms with Gasteiger partial charge in [0, 0.05) is 5.92 Å². The second kappa shape index (κ2) is 1.69. The summed E-state index contributed by atoms with van der Waals surface area (Å²) in [6.07, 6.45) is 3.16. The molecule has 0 aromatic rings. The largest absolute Gasteiger partial charge is 0.290 e. The van der Waals surface area contributed by atoms with E-state index in [1.54, 1.807) is 0 Å². The van der Waals surface area contributed by atoms with Crippen LogP contribution in [-0.4, -0.2) is 12.1 Å². The second-order valence-corrected chi connectivity index (χ2v) is 2.04. The van der Waals surface area contributed by atoms with E-state index in [4.69, 9.17) is 0 Å². The molecule has 8 heavy (non-hydrogen) atoms. The Morgan fingerprint density at radius 3 is 2.38 bits per heavy atom. The van der Waals surface area contributed by atoms with Gasteiger partial charge in [0.2, 0.25) is 5.78 Å². The van der Waals surface area contributed by atoms with E-state index in [2.05, 4.69) is 0 Å². The van der Waals surface area contributed by atoms with Crippen molar-refractivity contribution in [2.45, 2.75) is 6.92 Å². The van der Waals surface area contributed by atoms with Gasteiger partial charge in [0.15, 0.2) is 0 Å². The Kier molecular flexibility index (Phi) is 1.16. The monoisotopic (exact) mass is 110 g/mol. The van der Waals surface area contributed by atoms with Crippen LogP contribution in [0.15, 0.2) is 0 Å². The van der Waals surface area contributed by atoms with Crippen molar-refractivity contribution in [3.05, 3.63) is 6.42 Å². The van der Waals surface area contributed by atoms with Crippen LogP contribution in [0, 0.1) is 18.3 Å². The smallest absolute Gasteiger partial charge is 0.272 e. The number of rotatable bonds is 2. The highest BCUT2D eigenvalue weighted by Crippen LogP contribution is 2.36. The minimum absolute atomic E-state index is 0.104. The third-order valence-corrected chi connectivity index (χ3v) is 1.34. The van der Waals surface area contributed by atoms with Crippen molar-refractivity contribution in [2.24, 2.45) is 11.8 Å². The van der Waals surface area contributed by atoms with Crippen LogP contribution in [0.2, 0.25) is 0 Å². The Morgan fingerprint density at radius 2 is 2.25 bits per heavy atom. The number of carbonyl (C=O) groups is 1. The maximum absolute atomic E-state index is 10.3. The van der Waals surface area contributed by atoms with Crippen molar-refractivity contribution in [1.29, 1.82) is 0 Å². The Labute approximate surface area is 47.9 Å². The molecule has 2 nitrogen and oxygen atoms in total. The average Bonchev–Trinajstić information content (AvgIpc) is 2.45. The lowest BCUT2D eigenvalue weighted by atomic mass is 10.2. The van der Waals surface area contributed by atoms with Crippen LogP contribution < -0.4 is 0 Å². The zero-order valence-electron chi connectivity index (χ0n) is 4.55. The fourth-order valence-electron chi connectivity index (χ4n) is 0.657. The predicted octanol–water partition coefficient (Wildman–Crippen LogP) is 0.135. The predicted molar refractivity (Wildman–Crippen MR) is 27.7 cm³/mol. The van der Waals surface area contributed by atoms with Crippen molar-refractivity contribution >= 4 is 12.1 Å². The highest BCUT2D eigenvalue weighted by molar-refractivity contribution is 6.27. The zero-order chi connectivity index (χ0) is 6.15. The number of Topliss-reactive ketones (excluding diaryl/α,β-unsaturated/α-hetero) is 1. The van der Waals surface area contributed by atoms with E-state index in [0.717, 1.165) is 0 Å². The van der Waals surface area contributed by atoms with Crippen LogP contribution in [0.1, 0.15) is 6.92 Å². The molecule has 0 aromatic carbocycles. The molecule has 0 aromatic heterocycles. The van der Waals surface area contributed by atoms with Gasteiger partial charge in [-0.25, -0.2) is 0 Å². The summed E-state index contributed by atoms with van der Waals surface area (Å²) in [5, 5.41) is 0. The van der Waals surface area contributed by atoms with Crippen LogP contribution >= 0.6 is 0 Å². The molecule has 0 saturated heterocycles. The number of carbonyl (C=O) groups excluding carboxylic acids is 2. The molecule has 2 heteroatoms. The first-order chi connectivity index (χ1) is 3.75. The number of hydrogen-bond acceptors (Lipinski definition) is 2. The Bertz CT molecular complexity index is 128. The first-order valence-corrected chi connectivity index (χ1v) is 2.52. The topological polar surface area (TPSA) is 34.1 Å². The zero-order valence-corrected chi connectivity index (χ0v) is 4.55. The fourth-order valence-corrected chi connectivity index (χ4v) is 0.657. The maximum atomic E-state index is 10.3. The van der Waals surface area contributed by atoms with Gasteiger partial charge in [-0.2, -0.15) is 0 Å². The van der Waals surface area contributed by atoms with Crippen molar-refractivity contribution in [1.82, 2.24) is 0 Å². The van der Waals surface area contributed by atoms with Gasteiger partial charge in [-0.05, 0) is 12.3 Å². The van der Waals surface area contributed by atoms with Crippen molar-refractivity contribution in [3.63, 3.8) is 0 Å². The minimum Gasteiger partial charge on any atom is -0.290 e. The van der Waals surface area contributed by atoms with Gasteiger partial charge in [-0.15, -0.1) is 0 Å². The van der Waals surface area contributed by atoms with Crippen LogP contribution in [0.5, 0.6) is 0 Å². The molecular formula is C6H6O2. The van der Waals surface area contributed by atoms with Crippen LogP contribution in [-0.2, 0) is 9.59 Å². The van der Waals surface area contributed by atoms with E-state index in [-0.39, 0.29) is 5.92 Å². The highest BCUT2D eigenvalue weighted by Gasteiger charge is 2.39. The third-order valence-electron chi connectivity index (χ3n) is 1.34. The summed E-state index contributed by atoms with van der Waals surface area (Å²) < 4.78 is 0. The van der Waals surface area contributed by atoms with E-state index >= 15 is 0 Å². The van der Waals surface area contributed by atoms with Crippen molar-refractivity contribution in [3.8, 4) is 0 Å². The summed E-state index contributed by atoms with van der Waals surface area (Å²) in [4.78, 5) is 20.0. The van der Waals surface area contributed by atoms with Gasteiger partial charge < -0.3 is 0 Å².